The van der Waals surface area contributed by atoms with Gasteiger partial charge in [0.1, 0.15) is 0 Å². The van der Waals surface area contributed by atoms with E-state index < -0.39 is 11.6 Å². The second-order valence-electron chi connectivity index (χ2n) is 6.02. The van der Waals surface area contributed by atoms with E-state index in [9.17, 15) is 9.90 Å². The van der Waals surface area contributed by atoms with E-state index in [-0.39, 0.29) is 11.0 Å². The molecule has 2 rings (SSSR count). The fourth-order valence-corrected chi connectivity index (χ4v) is 4.35. The summed E-state index contributed by atoms with van der Waals surface area (Å²) in [6.45, 7) is 6.36. The number of fused-ring (bicyclic) bond motifs is 1. The number of carboxylic acids is 1. The SMILES string of the molecule is CC1(C)[C@@H]2C[C@H](SCC(=O)O)[C@@](C)(O)C[C@@H]21. The van der Waals surface area contributed by atoms with Gasteiger partial charge in [-0.05, 0) is 37.0 Å². The molecule has 0 aromatic carbocycles. The molecule has 0 spiro atoms. The van der Waals surface area contributed by atoms with Crippen molar-refractivity contribution in [3.05, 3.63) is 0 Å². The molecule has 0 aliphatic heterocycles. The molecule has 16 heavy (non-hydrogen) atoms. The standard InChI is InChI=1S/C12H20O3S/c1-11(2)7-4-9(16-6-10(13)14)12(3,15)5-8(7)11/h7-9,15H,4-6H2,1-3H3,(H,13,14)/t7-,8+,9+,12+/m1/s1. The summed E-state index contributed by atoms with van der Waals surface area (Å²) in [6.07, 6.45) is 1.78. The Labute approximate surface area is 101 Å². The van der Waals surface area contributed by atoms with E-state index in [0.717, 1.165) is 12.8 Å². The summed E-state index contributed by atoms with van der Waals surface area (Å²) in [5.41, 5.74) is -0.350. The van der Waals surface area contributed by atoms with Gasteiger partial charge in [-0.25, -0.2) is 0 Å². The van der Waals surface area contributed by atoms with Gasteiger partial charge in [0.15, 0.2) is 0 Å². The first-order valence-electron chi connectivity index (χ1n) is 5.81. The van der Waals surface area contributed by atoms with Gasteiger partial charge in [0.05, 0.1) is 11.4 Å². The molecular formula is C12H20O3S. The highest BCUT2D eigenvalue weighted by Crippen LogP contribution is 2.67. The van der Waals surface area contributed by atoms with Crippen LogP contribution >= 0.6 is 11.8 Å². The summed E-state index contributed by atoms with van der Waals surface area (Å²) in [6, 6.07) is 0. The molecule has 0 aromatic heterocycles. The number of aliphatic hydroxyl groups is 1. The zero-order valence-electron chi connectivity index (χ0n) is 10.1. The minimum Gasteiger partial charge on any atom is -0.481 e. The predicted octanol–water partition coefficient (Wildman–Crippen LogP) is 1.99. The van der Waals surface area contributed by atoms with E-state index >= 15 is 0 Å². The second-order valence-corrected chi connectivity index (χ2v) is 7.22. The molecule has 4 heteroatoms. The third-order valence-corrected chi connectivity index (χ3v) is 6.01. The number of hydrogen-bond donors (Lipinski definition) is 2. The van der Waals surface area contributed by atoms with Crippen molar-refractivity contribution in [3.63, 3.8) is 0 Å². The van der Waals surface area contributed by atoms with E-state index in [0.29, 0.717) is 17.3 Å². The zero-order valence-corrected chi connectivity index (χ0v) is 10.9. The average molecular weight is 244 g/mol. The number of carboxylic acid groups (broad SMARTS) is 1. The topological polar surface area (TPSA) is 57.5 Å². The maximum atomic E-state index is 10.6. The number of thioether (sulfide) groups is 1. The van der Waals surface area contributed by atoms with Crippen LogP contribution in [0.3, 0.4) is 0 Å². The normalized spacial score (nSPS) is 44.9. The quantitative estimate of drug-likeness (QED) is 0.797. The highest BCUT2D eigenvalue weighted by atomic mass is 32.2. The molecule has 3 nitrogen and oxygen atoms in total. The Morgan fingerprint density at radius 2 is 2.00 bits per heavy atom. The van der Waals surface area contributed by atoms with Crippen LogP contribution in [0.4, 0.5) is 0 Å². The smallest absolute Gasteiger partial charge is 0.313 e. The minimum absolute atomic E-state index is 0.0756. The van der Waals surface area contributed by atoms with Crippen LogP contribution in [-0.4, -0.2) is 32.8 Å². The van der Waals surface area contributed by atoms with Gasteiger partial charge in [-0.2, -0.15) is 0 Å². The van der Waals surface area contributed by atoms with Crippen LogP contribution in [-0.2, 0) is 4.79 Å². The average Bonchev–Trinajstić information content (AvgIpc) is 2.62. The first-order valence-corrected chi connectivity index (χ1v) is 6.86. The van der Waals surface area contributed by atoms with E-state index in [2.05, 4.69) is 13.8 Å². The van der Waals surface area contributed by atoms with Crippen molar-refractivity contribution in [2.75, 3.05) is 5.75 Å². The van der Waals surface area contributed by atoms with Crippen LogP contribution in [0.2, 0.25) is 0 Å². The van der Waals surface area contributed by atoms with Crippen LogP contribution < -0.4 is 0 Å². The molecule has 4 atom stereocenters. The zero-order chi connectivity index (χ0) is 12.1. The van der Waals surface area contributed by atoms with Crippen molar-refractivity contribution in [1.29, 1.82) is 0 Å². The van der Waals surface area contributed by atoms with Gasteiger partial charge in [0.25, 0.3) is 0 Å². The van der Waals surface area contributed by atoms with Gasteiger partial charge in [0.2, 0.25) is 0 Å². The number of aliphatic carboxylic acids is 1. The molecule has 0 amide bonds. The monoisotopic (exact) mass is 244 g/mol. The van der Waals surface area contributed by atoms with E-state index in [1.807, 2.05) is 6.92 Å². The molecule has 2 aliphatic rings. The van der Waals surface area contributed by atoms with Crippen molar-refractivity contribution < 1.29 is 15.0 Å². The van der Waals surface area contributed by atoms with Crippen molar-refractivity contribution in [2.45, 2.75) is 44.5 Å². The van der Waals surface area contributed by atoms with E-state index in [1.165, 1.54) is 11.8 Å². The Bertz CT molecular complexity index is 311. The number of rotatable bonds is 3. The molecule has 2 fully saturated rings. The van der Waals surface area contributed by atoms with Gasteiger partial charge >= 0.3 is 5.97 Å². The van der Waals surface area contributed by atoms with Gasteiger partial charge in [-0.15, -0.1) is 11.8 Å². The van der Waals surface area contributed by atoms with Crippen molar-refractivity contribution in [1.82, 2.24) is 0 Å². The molecule has 0 unspecified atom stereocenters. The summed E-state index contributed by atoms with van der Waals surface area (Å²) in [5, 5.41) is 19.1. The van der Waals surface area contributed by atoms with Crippen molar-refractivity contribution in [3.8, 4) is 0 Å². The van der Waals surface area contributed by atoms with E-state index in [1.54, 1.807) is 0 Å². The molecular weight excluding hydrogens is 224 g/mol. The van der Waals surface area contributed by atoms with E-state index in [4.69, 9.17) is 5.11 Å². The summed E-state index contributed by atoms with van der Waals surface area (Å²) >= 11 is 1.39. The van der Waals surface area contributed by atoms with Gasteiger partial charge in [-0.3, -0.25) is 4.79 Å². The highest BCUT2D eigenvalue weighted by molar-refractivity contribution is 8.00. The third-order valence-electron chi connectivity index (χ3n) is 4.49. The fourth-order valence-electron chi connectivity index (χ4n) is 3.21. The summed E-state index contributed by atoms with van der Waals surface area (Å²) in [5.74, 6) is 0.611. The molecule has 92 valence electrons. The van der Waals surface area contributed by atoms with Crippen LogP contribution in [0.5, 0.6) is 0 Å². The maximum Gasteiger partial charge on any atom is 0.313 e. The molecule has 0 heterocycles. The fraction of sp³-hybridized carbons (Fsp3) is 0.917. The first-order chi connectivity index (χ1) is 7.25. The molecule has 0 bridgehead atoms. The lowest BCUT2D eigenvalue weighted by molar-refractivity contribution is -0.133. The Hall–Kier alpha value is -0.220. The van der Waals surface area contributed by atoms with Gasteiger partial charge < -0.3 is 10.2 Å². The minimum atomic E-state index is -0.794. The van der Waals surface area contributed by atoms with Crippen LogP contribution in [0.25, 0.3) is 0 Å². The summed E-state index contributed by atoms with van der Waals surface area (Å²) in [4.78, 5) is 10.6. The van der Waals surface area contributed by atoms with Gasteiger partial charge in [0, 0.05) is 5.25 Å². The Kier molecular flexibility index (Phi) is 2.78. The van der Waals surface area contributed by atoms with Crippen molar-refractivity contribution >= 4 is 17.7 Å². The largest absolute Gasteiger partial charge is 0.481 e. The number of hydrogen-bond acceptors (Lipinski definition) is 3. The molecule has 2 aliphatic carbocycles. The first kappa shape index (κ1) is 12.2. The Morgan fingerprint density at radius 3 is 2.56 bits per heavy atom. The van der Waals surface area contributed by atoms with Crippen molar-refractivity contribution in [2.24, 2.45) is 17.3 Å². The highest BCUT2D eigenvalue weighted by Gasteiger charge is 2.63. The molecule has 0 radical (unpaired) electrons. The lowest BCUT2D eigenvalue weighted by Gasteiger charge is -2.36. The molecule has 0 aromatic rings. The molecule has 0 saturated heterocycles. The molecule has 2 N–H and O–H groups in total. The molecule has 2 saturated carbocycles. The van der Waals surface area contributed by atoms with Gasteiger partial charge in [-0.1, -0.05) is 13.8 Å². The second kappa shape index (κ2) is 3.64. The number of carbonyl (C=O) groups is 1. The lowest BCUT2D eigenvalue weighted by atomic mass is 9.86. The van der Waals surface area contributed by atoms with Crippen LogP contribution in [0.15, 0.2) is 0 Å². The Balaban J connectivity index is 2.00. The van der Waals surface area contributed by atoms with Crippen LogP contribution in [0.1, 0.15) is 33.6 Å². The Morgan fingerprint density at radius 1 is 1.38 bits per heavy atom. The predicted molar refractivity (Wildman–Crippen MR) is 64.5 cm³/mol. The van der Waals surface area contributed by atoms with Crippen LogP contribution in [0, 0.1) is 17.3 Å². The third kappa shape index (κ3) is 1.97. The summed E-state index contributed by atoms with van der Waals surface area (Å²) in [7, 11) is 0. The summed E-state index contributed by atoms with van der Waals surface area (Å²) < 4.78 is 0. The lowest BCUT2D eigenvalue weighted by Crippen LogP contribution is -2.41. The maximum absolute atomic E-state index is 10.6.